The quantitative estimate of drug-likeness (QED) is 0.0169. The third-order valence-corrected chi connectivity index (χ3v) is 18.3. The Morgan fingerprint density at radius 2 is 0.648 bits per heavy atom. The number of esters is 4. The number of rotatable bonds is 68. The number of aliphatic hydroxyl groups excluding tert-OH is 1. The van der Waals surface area contributed by atoms with Gasteiger partial charge in [-0.1, -0.05) is 285 Å². The third kappa shape index (κ3) is 64.6. The predicted molar refractivity (Wildman–Crippen MR) is 367 cm³/mol. The van der Waals surface area contributed by atoms with Crippen molar-refractivity contribution in [2.45, 2.75) is 356 Å². The number of carbonyl (C=O) groups excluding carboxylic acids is 4. The molecule has 0 saturated carbocycles. The number of aliphatic hydroxyl groups is 1. The van der Waals surface area contributed by atoms with E-state index in [9.17, 15) is 43.2 Å². The zero-order chi connectivity index (χ0) is 67.3. The van der Waals surface area contributed by atoms with Crippen LogP contribution in [0, 0.1) is 17.8 Å². The van der Waals surface area contributed by atoms with Crippen LogP contribution in [0.5, 0.6) is 0 Å². The molecule has 3 unspecified atom stereocenters. The zero-order valence-corrected chi connectivity index (χ0v) is 60.6. The van der Waals surface area contributed by atoms with E-state index in [-0.39, 0.29) is 25.7 Å². The van der Waals surface area contributed by atoms with Crippen molar-refractivity contribution in [1.82, 2.24) is 0 Å². The third-order valence-electron chi connectivity index (χ3n) is 16.4. The van der Waals surface area contributed by atoms with Crippen molar-refractivity contribution in [2.24, 2.45) is 17.8 Å². The fourth-order valence-corrected chi connectivity index (χ4v) is 11.9. The Hall–Kier alpha value is -2.46. The molecule has 0 aromatic carbocycles. The highest BCUT2D eigenvalue weighted by Gasteiger charge is 2.30. The van der Waals surface area contributed by atoms with E-state index in [1.54, 1.807) is 0 Å². The molecule has 536 valence electrons. The summed E-state index contributed by atoms with van der Waals surface area (Å²) >= 11 is 0. The lowest BCUT2D eigenvalue weighted by atomic mass is 10.00. The minimum absolute atomic E-state index is 0.0994. The molecular weight excluding hydrogens is 1200 g/mol. The lowest BCUT2D eigenvalue weighted by Gasteiger charge is -2.21. The summed E-state index contributed by atoms with van der Waals surface area (Å²) in [5, 5.41) is 10.6. The molecule has 3 N–H and O–H groups in total. The van der Waals surface area contributed by atoms with Gasteiger partial charge in [0.05, 0.1) is 26.4 Å². The van der Waals surface area contributed by atoms with E-state index in [1.807, 2.05) is 0 Å². The van der Waals surface area contributed by atoms with Crippen LogP contribution in [0.3, 0.4) is 0 Å². The first-order valence-corrected chi connectivity index (χ1v) is 39.7. The average molecular weight is 1340 g/mol. The molecule has 0 radical (unpaired) electrons. The molecule has 0 aliphatic heterocycles. The van der Waals surface area contributed by atoms with Crippen molar-refractivity contribution < 1.29 is 80.2 Å². The minimum Gasteiger partial charge on any atom is -0.462 e. The molecule has 6 atom stereocenters. The highest BCUT2D eigenvalue weighted by atomic mass is 31.2. The molecule has 0 rings (SSSR count). The van der Waals surface area contributed by atoms with Crippen LogP contribution in [0.15, 0.2) is 24.3 Å². The average Bonchev–Trinajstić information content (AvgIpc) is 3.60. The number of allylic oxidation sites excluding steroid dienone is 4. The maximum atomic E-state index is 13.0. The van der Waals surface area contributed by atoms with Gasteiger partial charge in [-0.05, 0) is 69.1 Å². The summed E-state index contributed by atoms with van der Waals surface area (Å²) in [6, 6.07) is 0. The SMILES string of the molecule is CCCCCC/C=C\C=C/CCCCCCCC(=O)OC[C@H](COP(=O)(O)OC[C@@H](O)COP(=O)(O)OC[C@@H](COC(=O)CCCCCCCCC(C)CC)OC(=O)CCCCCCCCCCC(C)C)OC(=O)CCCCCCCCCCCCCCC(C)C. The molecule has 0 bridgehead atoms. The normalized spacial score (nSPS) is 14.6. The van der Waals surface area contributed by atoms with Crippen LogP contribution in [0.25, 0.3) is 0 Å². The molecule has 0 aliphatic rings. The fraction of sp³-hybridized carbons (Fsp3) is 0.889. The second kappa shape index (κ2) is 62.4. The lowest BCUT2D eigenvalue weighted by Crippen LogP contribution is -2.30. The first kappa shape index (κ1) is 88.5. The molecule has 0 fully saturated rings. The molecule has 0 heterocycles. The van der Waals surface area contributed by atoms with Gasteiger partial charge in [0.25, 0.3) is 0 Å². The van der Waals surface area contributed by atoms with Gasteiger partial charge in [-0.3, -0.25) is 37.3 Å². The van der Waals surface area contributed by atoms with Crippen LogP contribution in [-0.4, -0.2) is 96.7 Å². The number of hydrogen-bond donors (Lipinski definition) is 3. The summed E-state index contributed by atoms with van der Waals surface area (Å²) in [6.45, 7) is 11.7. The minimum atomic E-state index is -4.96. The van der Waals surface area contributed by atoms with E-state index in [0.717, 1.165) is 127 Å². The Labute approximate surface area is 554 Å². The van der Waals surface area contributed by atoms with Crippen LogP contribution >= 0.6 is 15.6 Å². The van der Waals surface area contributed by atoms with Crippen LogP contribution in [0.2, 0.25) is 0 Å². The topological polar surface area (TPSA) is 237 Å². The van der Waals surface area contributed by atoms with Crippen molar-refractivity contribution in [3.05, 3.63) is 24.3 Å². The maximum Gasteiger partial charge on any atom is 0.472 e. The smallest absolute Gasteiger partial charge is 0.462 e. The highest BCUT2D eigenvalue weighted by molar-refractivity contribution is 7.47. The first-order valence-electron chi connectivity index (χ1n) is 36.7. The predicted octanol–water partition coefficient (Wildman–Crippen LogP) is 20.2. The van der Waals surface area contributed by atoms with E-state index in [4.69, 9.17) is 37.0 Å². The van der Waals surface area contributed by atoms with Gasteiger partial charge in [0.1, 0.15) is 19.3 Å². The molecule has 0 aliphatic carbocycles. The molecule has 17 nitrogen and oxygen atoms in total. The molecule has 19 heteroatoms. The maximum absolute atomic E-state index is 13.0. The Morgan fingerprint density at radius 1 is 0.363 bits per heavy atom. The largest absolute Gasteiger partial charge is 0.472 e. The lowest BCUT2D eigenvalue weighted by molar-refractivity contribution is -0.161. The zero-order valence-electron chi connectivity index (χ0n) is 58.8. The number of ether oxygens (including phenoxy) is 4. The number of phosphoric acid groups is 2. The van der Waals surface area contributed by atoms with Crippen LogP contribution in [0.4, 0.5) is 0 Å². The molecular formula is C72H136O17P2. The summed E-state index contributed by atoms with van der Waals surface area (Å²) in [7, 11) is -9.92. The summed E-state index contributed by atoms with van der Waals surface area (Å²) in [6.07, 6.45) is 49.5. The Kier molecular flexibility index (Phi) is 60.7. The van der Waals surface area contributed by atoms with Gasteiger partial charge in [0, 0.05) is 25.7 Å². The molecule has 0 aromatic rings. The second-order valence-electron chi connectivity index (χ2n) is 26.5. The standard InChI is InChI=1S/C72H136O17P2/c1-8-10-11-12-13-14-15-16-17-18-22-25-31-39-46-53-69(74)82-59-67(88-71(76)55-48-41-32-26-23-20-19-21-24-29-36-43-50-63(3)4)61-86-90(78,79)84-57-66(73)58-85-91(80,81)87-62-68(60-83-70(75)54-47-40-35-34-38-45-52-65(7)9-2)89-72(77)56-49-42-33-28-27-30-37-44-51-64(5)6/h14-17,63-68,73H,8-13,18-62H2,1-7H3,(H,78,79)(H,80,81)/b15-14-,17-16-/t65?,66-,67-,68-/m1/s1. The number of carbonyl (C=O) groups is 4. The molecule has 0 saturated heterocycles. The molecule has 0 aromatic heterocycles. The molecule has 91 heavy (non-hydrogen) atoms. The van der Waals surface area contributed by atoms with Crippen molar-refractivity contribution >= 4 is 39.5 Å². The molecule has 0 spiro atoms. The first-order chi connectivity index (χ1) is 43.8. The van der Waals surface area contributed by atoms with Crippen LogP contribution < -0.4 is 0 Å². The van der Waals surface area contributed by atoms with E-state index in [1.165, 1.54) is 122 Å². The Bertz CT molecular complexity index is 1880. The monoisotopic (exact) mass is 1330 g/mol. The van der Waals surface area contributed by atoms with Gasteiger partial charge in [0.15, 0.2) is 12.2 Å². The van der Waals surface area contributed by atoms with Crippen molar-refractivity contribution in [3.8, 4) is 0 Å². The van der Waals surface area contributed by atoms with Crippen molar-refractivity contribution in [3.63, 3.8) is 0 Å². The van der Waals surface area contributed by atoms with Crippen molar-refractivity contribution in [2.75, 3.05) is 39.6 Å². The van der Waals surface area contributed by atoms with Crippen LogP contribution in [0.1, 0.15) is 337 Å². The van der Waals surface area contributed by atoms with Gasteiger partial charge >= 0.3 is 39.5 Å². The number of phosphoric ester groups is 2. The van der Waals surface area contributed by atoms with Gasteiger partial charge in [-0.2, -0.15) is 0 Å². The van der Waals surface area contributed by atoms with E-state index in [0.29, 0.717) is 31.6 Å². The summed E-state index contributed by atoms with van der Waals surface area (Å²) in [5.74, 6) is 0.0633. The fourth-order valence-electron chi connectivity index (χ4n) is 10.3. The van der Waals surface area contributed by atoms with Gasteiger partial charge < -0.3 is 33.8 Å². The van der Waals surface area contributed by atoms with E-state index >= 15 is 0 Å². The van der Waals surface area contributed by atoms with E-state index < -0.39 is 97.5 Å². The summed E-state index contributed by atoms with van der Waals surface area (Å²) in [4.78, 5) is 72.6. The van der Waals surface area contributed by atoms with Crippen LogP contribution in [-0.2, 0) is 65.4 Å². The van der Waals surface area contributed by atoms with E-state index in [2.05, 4.69) is 72.8 Å². The Morgan fingerprint density at radius 3 is 0.978 bits per heavy atom. The van der Waals surface area contributed by atoms with Gasteiger partial charge in [-0.15, -0.1) is 0 Å². The summed E-state index contributed by atoms with van der Waals surface area (Å²) < 4.78 is 68.3. The van der Waals surface area contributed by atoms with Gasteiger partial charge in [0.2, 0.25) is 0 Å². The second-order valence-corrected chi connectivity index (χ2v) is 29.4. The number of unbranched alkanes of at least 4 members (excludes halogenated alkanes) is 32. The van der Waals surface area contributed by atoms with Crippen molar-refractivity contribution in [1.29, 1.82) is 0 Å². The van der Waals surface area contributed by atoms with Gasteiger partial charge in [-0.25, -0.2) is 9.13 Å². The number of hydrogen-bond acceptors (Lipinski definition) is 15. The highest BCUT2D eigenvalue weighted by Crippen LogP contribution is 2.45. The summed E-state index contributed by atoms with van der Waals surface area (Å²) in [5.41, 5.74) is 0. The Balaban J connectivity index is 5.29. The molecule has 0 amide bonds.